The number of halogens is 1. The number of nitrogens with one attached hydrogen (secondary N) is 2. The average molecular weight is 283 g/mol. The van der Waals surface area contributed by atoms with E-state index in [0.717, 1.165) is 5.56 Å². The number of rotatable bonds is 6. The lowest BCUT2D eigenvalue weighted by molar-refractivity contribution is -0.125. The standard InChI is InChI=1S/C13H15ClN2O3/c1-9(14)7-15-13(19)8-16-12(18)6-10-2-4-11(17)5-3-10/h2-5,17H,1,6-8H2,(H,15,19)(H,16,18). The number of carbonyl (C=O) groups excluding carboxylic acids is 2. The van der Waals surface area contributed by atoms with Crippen molar-refractivity contribution in [3.05, 3.63) is 41.4 Å². The highest BCUT2D eigenvalue weighted by atomic mass is 35.5. The maximum atomic E-state index is 11.5. The molecule has 0 unspecified atom stereocenters. The maximum absolute atomic E-state index is 11.5. The molecule has 0 heterocycles. The van der Waals surface area contributed by atoms with Crippen molar-refractivity contribution in [1.82, 2.24) is 10.6 Å². The Morgan fingerprint density at radius 2 is 1.68 bits per heavy atom. The molecule has 0 atom stereocenters. The number of carbonyl (C=O) groups is 2. The first kappa shape index (κ1) is 15.0. The Labute approximate surface area is 116 Å². The number of benzene rings is 1. The van der Waals surface area contributed by atoms with Gasteiger partial charge in [0.15, 0.2) is 0 Å². The summed E-state index contributed by atoms with van der Waals surface area (Å²) >= 11 is 5.49. The molecule has 2 amide bonds. The van der Waals surface area contributed by atoms with Crippen molar-refractivity contribution in [2.45, 2.75) is 6.42 Å². The van der Waals surface area contributed by atoms with E-state index < -0.39 is 0 Å². The summed E-state index contributed by atoms with van der Waals surface area (Å²) in [5.41, 5.74) is 0.754. The van der Waals surface area contributed by atoms with Crippen molar-refractivity contribution in [2.24, 2.45) is 0 Å². The van der Waals surface area contributed by atoms with E-state index in [4.69, 9.17) is 16.7 Å². The summed E-state index contributed by atoms with van der Waals surface area (Å²) < 4.78 is 0. The fourth-order valence-electron chi connectivity index (χ4n) is 1.30. The molecule has 1 rings (SSSR count). The molecule has 3 N–H and O–H groups in total. The van der Waals surface area contributed by atoms with Crippen LogP contribution >= 0.6 is 11.6 Å². The Morgan fingerprint density at radius 1 is 1.11 bits per heavy atom. The lowest BCUT2D eigenvalue weighted by atomic mass is 10.1. The van der Waals surface area contributed by atoms with Gasteiger partial charge in [0.25, 0.3) is 0 Å². The predicted molar refractivity (Wildman–Crippen MR) is 72.8 cm³/mol. The van der Waals surface area contributed by atoms with E-state index >= 15 is 0 Å². The highest BCUT2D eigenvalue weighted by Gasteiger charge is 2.06. The summed E-state index contributed by atoms with van der Waals surface area (Å²) in [6.07, 6.45) is 0.149. The molecule has 0 fully saturated rings. The smallest absolute Gasteiger partial charge is 0.239 e. The Hall–Kier alpha value is -2.01. The lowest BCUT2D eigenvalue weighted by Gasteiger charge is -2.06. The van der Waals surface area contributed by atoms with Crippen molar-refractivity contribution in [3.63, 3.8) is 0 Å². The molecule has 0 aliphatic heterocycles. The van der Waals surface area contributed by atoms with Crippen LogP contribution in [0.5, 0.6) is 5.75 Å². The first-order valence-electron chi connectivity index (χ1n) is 5.62. The SMILES string of the molecule is C=C(Cl)CNC(=O)CNC(=O)Cc1ccc(O)cc1. The van der Waals surface area contributed by atoms with Gasteiger partial charge in [0.2, 0.25) is 11.8 Å². The summed E-state index contributed by atoms with van der Waals surface area (Å²) in [6, 6.07) is 6.29. The molecular weight excluding hydrogens is 268 g/mol. The summed E-state index contributed by atoms with van der Waals surface area (Å²) in [4.78, 5) is 22.8. The molecule has 0 bridgehead atoms. The minimum absolute atomic E-state index is 0.110. The Morgan fingerprint density at radius 3 is 2.26 bits per heavy atom. The summed E-state index contributed by atoms with van der Waals surface area (Å²) in [5.74, 6) is -0.462. The van der Waals surface area contributed by atoms with Gasteiger partial charge in [-0.25, -0.2) is 0 Å². The first-order chi connectivity index (χ1) is 8.97. The van der Waals surface area contributed by atoms with Gasteiger partial charge in [0.05, 0.1) is 19.5 Å². The minimum atomic E-state index is -0.333. The van der Waals surface area contributed by atoms with Crippen molar-refractivity contribution in [3.8, 4) is 5.75 Å². The molecule has 1 aromatic rings. The normalized spacial score (nSPS) is 9.74. The zero-order valence-corrected chi connectivity index (χ0v) is 11.0. The molecule has 1 aromatic carbocycles. The van der Waals surface area contributed by atoms with Crippen LogP contribution in [0.3, 0.4) is 0 Å². The largest absolute Gasteiger partial charge is 0.508 e. The van der Waals surface area contributed by atoms with Gasteiger partial charge < -0.3 is 15.7 Å². The highest BCUT2D eigenvalue weighted by Crippen LogP contribution is 2.09. The van der Waals surface area contributed by atoms with Crippen LogP contribution in [0.1, 0.15) is 5.56 Å². The summed E-state index contributed by atoms with van der Waals surface area (Å²) in [6.45, 7) is 3.49. The molecule has 0 aliphatic rings. The van der Waals surface area contributed by atoms with Crippen molar-refractivity contribution in [1.29, 1.82) is 0 Å². The predicted octanol–water partition coefficient (Wildman–Crippen LogP) is 0.920. The third-order valence-electron chi connectivity index (χ3n) is 2.22. The molecule has 0 spiro atoms. The van der Waals surface area contributed by atoms with Crippen LogP contribution in [-0.2, 0) is 16.0 Å². The fourth-order valence-corrected chi connectivity index (χ4v) is 1.36. The molecule has 0 aromatic heterocycles. The van der Waals surface area contributed by atoms with Crippen molar-refractivity contribution >= 4 is 23.4 Å². The van der Waals surface area contributed by atoms with E-state index in [9.17, 15) is 9.59 Å². The fraction of sp³-hybridized carbons (Fsp3) is 0.231. The van der Waals surface area contributed by atoms with Gasteiger partial charge in [-0.15, -0.1) is 0 Å². The number of phenols is 1. The molecule has 6 heteroatoms. The van der Waals surface area contributed by atoms with Crippen molar-refractivity contribution < 1.29 is 14.7 Å². The molecule has 5 nitrogen and oxygen atoms in total. The molecule has 0 aliphatic carbocycles. The molecular formula is C13H15ClN2O3. The lowest BCUT2D eigenvalue weighted by Crippen LogP contribution is -2.37. The van der Waals surface area contributed by atoms with Gasteiger partial charge in [-0.3, -0.25) is 9.59 Å². The number of hydrogen-bond acceptors (Lipinski definition) is 3. The molecule has 0 saturated carbocycles. The van der Waals surface area contributed by atoms with Crippen LogP contribution < -0.4 is 10.6 Å². The summed E-state index contributed by atoms with van der Waals surface area (Å²) in [5, 5.41) is 14.4. The Balaban J connectivity index is 2.29. The van der Waals surface area contributed by atoms with Crippen LogP contribution in [0.2, 0.25) is 0 Å². The van der Waals surface area contributed by atoms with Crippen molar-refractivity contribution in [2.75, 3.05) is 13.1 Å². The zero-order valence-electron chi connectivity index (χ0n) is 10.3. The quantitative estimate of drug-likeness (QED) is 0.726. The molecule has 0 radical (unpaired) electrons. The number of aromatic hydroxyl groups is 1. The van der Waals surface area contributed by atoms with Gasteiger partial charge in [-0.1, -0.05) is 30.3 Å². The third-order valence-corrected chi connectivity index (χ3v) is 2.36. The molecule has 0 saturated heterocycles. The van der Waals surface area contributed by atoms with Crippen LogP contribution in [0.25, 0.3) is 0 Å². The average Bonchev–Trinajstić information content (AvgIpc) is 2.36. The number of phenolic OH excluding ortho intramolecular Hbond substituents is 1. The van der Waals surface area contributed by atoms with Crippen LogP contribution in [0.15, 0.2) is 35.9 Å². The van der Waals surface area contributed by atoms with Crippen LogP contribution in [-0.4, -0.2) is 30.0 Å². The van der Waals surface area contributed by atoms with Gasteiger partial charge >= 0.3 is 0 Å². The highest BCUT2D eigenvalue weighted by molar-refractivity contribution is 6.29. The maximum Gasteiger partial charge on any atom is 0.239 e. The third kappa shape index (κ3) is 6.47. The van der Waals surface area contributed by atoms with E-state index in [0.29, 0.717) is 5.03 Å². The molecule has 19 heavy (non-hydrogen) atoms. The monoisotopic (exact) mass is 282 g/mol. The Kier molecular flexibility index (Phi) is 5.89. The van der Waals surface area contributed by atoms with Gasteiger partial charge in [-0.05, 0) is 17.7 Å². The Bertz CT molecular complexity index is 471. The minimum Gasteiger partial charge on any atom is -0.508 e. The molecule has 102 valence electrons. The van der Waals surface area contributed by atoms with Crippen LogP contribution in [0, 0.1) is 0 Å². The zero-order chi connectivity index (χ0) is 14.3. The van der Waals surface area contributed by atoms with Gasteiger partial charge in [0.1, 0.15) is 5.75 Å². The van der Waals surface area contributed by atoms with Gasteiger partial charge in [-0.2, -0.15) is 0 Å². The van der Waals surface area contributed by atoms with E-state index in [-0.39, 0.29) is 37.1 Å². The second-order valence-corrected chi connectivity index (χ2v) is 4.45. The number of hydrogen-bond donors (Lipinski definition) is 3. The summed E-state index contributed by atoms with van der Waals surface area (Å²) in [7, 11) is 0. The topological polar surface area (TPSA) is 78.4 Å². The second-order valence-electron chi connectivity index (χ2n) is 3.91. The van der Waals surface area contributed by atoms with E-state index in [1.54, 1.807) is 12.1 Å². The van der Waals surface area contributed by atoms with E-state index in [2.05, 4.69) is 17.2 Å². The first-order valence-corrected chi connectivity index (χ1v) is 6.00. The van der Waals surface area contributed by atoms with Crippen LogP contribution in [0.4, 0.5) is 0 Å². The van der Waals surface area contributed by atoms with Gasteiger partial charge in [0, 0.05) is 5.03 Å². The van der Waals surface area contributed by atoms with E-state index in [1.807, 2.05) is 0 Å². The number of amides is 2. The van der Waals surface area contributed by atoms with E-state index in [1.165, 1.54) is 12.1 Å². The second kappa shape index (κ2) is 7.43.